The van der Waals surface area contributed by atoms with Gasteiger partial charge < -0.3 is 14.8 Å². The lowest BCUT2D eigenvalue weighted by Gasteiger charge is -2.10. The summed E-state index contributed by atoms with van der Waals surface area (Å²) in [7, 11) is 1.61. The Bertz CT molecular complexity index is 1290. The van der Waals surface area contributed by atoms with E-state index >= 15 is 0 Å². The van der Waals surface area contributed by atoms with Gasteiger partial charge in [-0.25, -0.2) is 4.79 Å². The molecule has 168 valence electrons. The Morgan fingerprint density at radius 3 is 2.58 bits per heavy atom. The van der Waals surface area contributed by atoms with Gasteiger partial charge in [0.2, 0.25) is 5.91 Å². The summed E-state index contributed by atoms with van der Waals surface area (Å²) in [5, 5.41) is 16.4. The minimum Gasteiger partial charge on any atom is -0.497 e. The summed E-state index contributed by atoms with van der Waals surface area (Å²) in [6, 6.07) is 17.8. The smallest absolute Gasteiger partial charge is 0.340 e. The highest BCUT2D eigenvalue weighted by molar-refractivity contribution is 7.99. The minimum absolute atomic E-state index is 0.107. The molecule has 0 atom stereocenters. The second-order valence-corrected chi connectivity index (χ2v) is 7.79. The standard InChI is InChI=1S/C23H21N5O4S/c1-3-32-23(30)17-6-4-5-7-18(17)24-20(29)14-33-21-13-12-19-25-26-22(28(19)27-21)15-8-10-16(31-2)11-9-15/h4-13H,3,14H2,1-2H3,(H,24,29). The lowest BCUT2D eigenvalue weighted by Crippen LogP contribution is -2.17. The van der Waals surface area contributed by atoms with Crippen LogP contribution in [0.25, 0.3) is 17.0 Å². The van der Waals surface area contributed by atoms with Crippen LogP contribution < -0.4 is 10.1 Å². The van der Waals surface area contributed by atoms with Crippen LogP contribution >= 0.6 is 11.8 Å². The van der Waals surface area contributed by atoms with Crippen molar-refractivity contribution < 1.29 is 19.1 Å². The van der Waals surface area contributed by atoms with Crippen LogP contribution in [0.15, 0.2) is 65.7 Å². The first kappa shape index (κ1) is 22.3. The first-order valence-corrected chi connectivity index (χ1v) is 11.1. The number of thioether (sulfide) groups is 1. The number of para-hydroxylation sites is 1. The van der Waals surface area contributed by atoms with E-state index in [1.165, 1.54) is 11.8 Å². The summed E-state index contributed by atoms with van der Waals surface area (Å²) < 4.78 is 11.9. The fourth-order valence-electron chi connectivity index (χ4n) is 3.07. The number of nitrogens with zero attached hydrogens (tertiary/aromatic N) is 4. The fraction of sp³-hybridized carbons (Fsp3) is 0.174. The average Bonchev–Trinajstić information content (AvgIpc) is 3.26. The van der Waals surface area contributed by atoms with Crippen molar-refractivity contribution in [1.82, 2.24) is 19.8 Å². The topological polar surface area (TPSA) is 108 Å². The van der Waals surface area contributed by atoms with E-state index in [2.05, 4.69) is 20.6 Å². The van der Waals surface area contributed by atoms with Crippen molar-refractivity contribution in [3.05, 3.63) is 66.2 Å². The second kappa shape index (κ2) is 10.1. The van der Waals surface area contributed by atoms with Crippen LogP contribution in [0.1, 0.15) is 17.3 Å². The van der Waals surface area contributed by atoms with Crippen LogP contribution in [0, 0.1) is 0 Å². The van der Waals surface area contributed by atoms with Gasteiger partial charge in [-0.1, -0.05) is 23.9 Å². The van der Waals surface area contributed by atoms with Gasteiger partial charge in [0.25, 0.3) is 0 Å². The number of rotatable bonds is 8. The molecular formula is C23H21N5O4S. The van der Waals surface area contributed by atoms with E-state index in [0.717, 1.165) is 11.3 Å². The van der Waals surface area contributed by atoms with E-state index in [-0.39, 0.29) is 18.3 Å². The predicted octanol–water partition coefficient (Wildman–Crippen LogP) is 3.71. The lowest BCUT2D eigenvalue weighted by atomic mass is 10.2. The van der Waals surface area contributed by atoms with E-state index in [1.54, 1.807) is 54.9 Å². The molecule has 0 saturated heterocycles. The number of carbonyl (C=O) groups is 2. The van der Waals surface area contributed by atoms with Crippen molar-refractivity contribution in [2.45, 2.75) is 11.9 Å². The number of amides is 1. The number of esters is 1. The molecule has 10 heteroatoms. The number of benzene rings is 2. The largest absolute Gasteiger partial charge is 0.497 e. The number of fused-ring (bicyclic) bond motifs is 1. The summed E-state index contributed by atoms with van der Waals surface area (Å²) in [6.07, 6.45) is 0. The van der Waals surface area contributed by atoms with Crippen molar-refractivity contribution in [2.75, 3.05) is 24.8 Å². The summed E-state index contributed by atoms with van der Waals surface area (Å²) >= 11 is 1.26. The van der Waals surface area contributed by atoms with Gasteiger partial charge in [0, 0.05) is 5.56 Å². The molecule has 0 aliphatic heterocycles. The van der Waals surface area contributed by atoms with E-state index < -0.39 is 5.97 Å². The van der Waals surface area contributed by atoms with Crippen molar-refractivity contribution in [1.29, 1.82) is 0 Å². The van der Waals surface area contributed by atoms with Crippen LogP contribution in [-0.4, -0.2) is 51.2 Å². The number of ether oxygens (including phenoxy) is 2. The first-order chi connectivity index (χ1) is 16.1. The summed E-state index contributed by atoms with van der Waals surface area (Å²) in [4.78, 5) is 24.6. The third-order valence-corrected chi connectivity index (χ3v) is 5.55. The second-order valence-electron chi connectivity index (χ2n) is 6.80. The van der Waals surface area contributed by atoms with Crippen LogP contribution in [-0.2, 0) is 9.53 Å². The predicted molar refractivity (Wildman–Crippen MR) is 125 cm³/mol. The van der Waals surface area contributed by atoms with Gasteiger partial charge in [0.05, 0.1) is 30.7 Å². The maximum Gasteiger partial charge on any atom is 0.340 e. The summed E-state index contributed by atoms with van der Waals surface area (Å²) in [6.45, 7) is 1.99. The zero-order valence-corrected chi connectivity index (χ0v) is 18.8. The summed E-state index contributed by atoms with van der Waals surface area (Å²) in [5.41, 5.74) is 2.15. The molecule has 2 aromatic carbocycles. The third kappa shape index (κ3) is 5.12. The van der Waals surface area contributed by atoms with Gasteiger partial charge in [-0.05, 0) is 55.5 Å². The molecular weight excluding hydrogens is 442 g/mol. The number of aromatic nitrogens is 4. The van der Waals surface area contributed by atoms with E-state index in [0.29, 0.717) is 27.7 Å². The number of nitrogens with one attached hydrogen (secondary N) is 1. The SMILES string of the molecule is CCOC(=O)c1ccccc1NC(=O)CSc1ccc2nnc(-c3ccc(OC)cc3)n2n1. The van der Waals surface area contributed by atoms with Gasteiger partial charge in [-0.2, -0.15) is 9.61 Å². The summed E-state index contributed by atoms with van der Waals surface area (Å²) in [5.74, 6) is 0.690. The van der Waals surface area contributed by atoms with E-state index in [4.69, 9.17) is 9.47 Å². The maximum atomic E-state index is 12.5. The maximum absolute atomic E-state index is 12.5. The zero-order valence-electron chi connectivity index (χ0n) is 18.0. The Kier molecular flexibility index (Phi) is 6.84. The van der Waals surface area contributed by atoms with Gasteiger partial charge in [0.1, 0.15) is 10.8 Å². The van der Waals surface area contributed by atoms with Crippen molar-refractivity contribution >= 4 is 35.0 Å². The van der Waals surface area contributed by atoms with Crippen molar-refractivity contribution in [3.63, 3.8) is 0 Å². The lowest BCUT2D eigenvalue weighted by molar-refractivity contribution is -0.113. The number of hydrogen-bond acceptors (Lipinski definition) is 8. The molecule has 0 unspecified atom stereocenters. The molecule has 4 rings (SSSR count). The molecule has 1 N–H and O–H groups in total. The molecule has 0 fully saturated rings. The Morgan fingerprint density at radius 2 is 1.82 bits per heavy atom. The fourth-order valence-corrected chi connectivity index (χ4v) is 3.73. The molecule has 2 heterocycles. The molecule has 1 amide bonds. The Morgan fingerprint density at radius 1 is 1.03 bits per heavy atom. The van der Waals surface area contributed by atoms with Crippen LogP contribution in [0.5, 0.6) is 5.75 Å². The Balaban J connectivity index is 1.46. The third-order valence-electron chi connectivity index (χ3n) is 4.63. The highest BCUT2D eigenvalue weighted by Crippen LogP contribution is 2.23. The monoisotopic (exact) mass is 463 g/mol. The molecule has 2 aromatic heterocycles. The molecule has 33 heavy (non-hydrogen) atoms. The number of carbonyl (C=O) groups excluding carboxylic acids is 2. The van der Waals surface area contributed by atoms with Gasteiger partial charge in [-0.3, -0.25) is 4.79 Å². The first-order valence-electron chi connectivity index (χ1n) is 10.1. The molecule has 0 spiro atoms. The number of methoxy groups -OCH3 is 1. The molecule has 0 bridgehead atoms. The Labute approximate surface area is 194 Å². The van der Waals surface area contributed by atoms with Crippen molar-refractivity contribution in [2.24, 2.45) is 0 Å². The van der Waals surface area contributed by atoms with Gasteiger partial charge in [0.15, 0.2) is 11.5 Å². The van der Waals surface area contributed by atoms with Gasteiger partial charge in [-0.15, -0.1) is 10.2 Å². The van der Waals surface area contributed by atoms with Crippen LogP contribution in [0.4, 0.5) is 5.69 Å². The van der Waals surface area contributed by atoms with E-state index in [1.807, 2.05) is 24.3 Å². The molecule has 4 aromatic rings. The van der Waals surface area contributed by atoms with Crippen LogP contribution in [0.3, 0.4) is 0 Å². The van der Waals surface area contributed by atoms with Crippen LogP contribution in [0.2, 0.25) is 0 Å². The Hall–Kier alpha value is -3.92. The zero-order chi connectivity index (χ0) is 23.2. The number of hydrogen-bond donors (Lipinski definition) is 1. The minimum atomic E-state index is -0.480. The molecule has 0 aliphatic rings. The molecule has 9 nitrogen and oxygen atoms in total. The van der Waals surface area contributed by atoms with E-state index in [9.17, 15) is 9.59 Å². The van der Waals surface area contributed by atoms with Crippen molar-refractivity contribution in [3.8, 4) is 17.1 Å². The highest BCUT2D eigenvalue weighted by Gasteiger charge is 2.15. The molecule has 0 radical (unpaired) electrons. The molecule has 0 aliphatic carbocycles. The average molecular weight is 464 g/mol. The van der Waals surface area contributed by atoms with Gasteiger partial charge >= 0.3 is 5.97 Å². The normalized spacial score (nSPS) is 10.7. The molecule has 0 saturated carbocycles. The number of anilines is 1. The quantitative estimate of drug-likeness (QED) is 0.311. The highest BCUT2D eigenvalue weighted by atomic mass is 32.2.